The lowest BCUT2D eigenvalue weighted by Gasteiger charge is -2.12. The third-order valence-electron chi connectivity index (χ3n) is 2.09. The molecule has 0 aliphatic carbocycles. The topological polar surface area (TPSA) is 30.7 Å². The molecule has 1 heterocycles. The van der Waals surface area contributed by atoms with E-state index in [9.17, 15) is 0 Å². The minimum atomic E-state index is 0.538. The second-order valence-corrected chi connectivity index (χ2v) is 3.19. The average molecular weight is 197 g/mol. The summed E-state index contributed by atoms with van der Waals surface area (Å²) in [6, 6.07) is 0.538. The second kappa shape index (κ2) is 7.54. The molecule has 0 saturated heterocycles. The summed E-state index contributed by atoms with van der Waals surface area (Å²) in [5.74, 6) is 0. The highest BCUT2D eigenvalue weighted by molar-refractivity contribution is 4.88. The van der Waals surface area contributed by atoms with Gasteiger partial charge in [0.2, 0.25) is 0 Å². The summed E-state index contributed by atoms with van der Waals surface area (Å²) >= 11 is 0. The molecule has 0 bridgehead atoms. The Morgan fingerprint density at radius 2 is 2.00 bits per heavy atom. The molecule has 1 unspecified atom stereocenters. The Morgan fingerprint density at radius 3 is 2.36 bits per heavy atom. The molecule has 0 aromatic carbocycles. The van der Waals surface area contributed by atoms with Gasteiger partial charge in [-0.3, -0.25) is 0 Å². The lowest BCUT2D eigenvalue weighted by Crippen LogP contribution is -2.08. The van der Waals surface area contributed by atoms with Crippen molar-refractivity contribution in [3.63, 3.8) is 0 Å². The first kappa shape index (κ1) is 13.1. The fourth-order valence-electron chi connectivity index (χ4n) is 1.40. The molecule has 0 saturated carbocycles. The molecule has 1 aromatic heterocycles. The molecule has 82 valence electrons. The Kier molecular flexibility index (Phi) is 7.07. The zero-order chi connectivity index (χ0) is 11.0. The summed E-state index contributed by atoms with van der Waals surface area (Å²) in [6.07, 6.45) is 5.55. The number of aromatic nitrogens is 3. The molecule has 3 heteroatoms. The first-order valence-corrected chi connectivity index (χ1v) is 5.66. The molecule has 0 radical (unpaired) electrons. The quantitative estimate of drug-likeness (QED) is 0.741. The molecule has 0 aliphatic heterocycles. The minimum Gasteiger partial charge on any atom is -0.249 e. The Balaban J connectivity index is 0.000000791. The predicted molar refractivity (Wildman–Crippen MR) is 60.3 cm³/mol. The van der Waals surface area contributed by atoms with Gasteiger partial charge in [-0.2, -0.15) is 0 Å². The van der Waals surface area contributed by atoms with Crippen molar-refractivity contribution in [2.45, 2.75) is 59.9 Å². The van der Waals surface area contributed by atoms with Gasteiger partial charge in [-0.25, -0.2) is 4.68 Å². The number of aryl methyl sites for hydroxylation is 1. The van der Waals surface area contributed by atoms with Crippen molar-refractivity contribution in [2.75, 3.05) is 0 Å². The molecule has 14 heavy (non-hydrogen) atoms. The molecule has 3 nitrogen and oxygen atoms in total. The SMILES string of the molecule is CC.CCCC(CC)n1cc(C)nn1. The van der Waals surface area contributed by atoms with E-state index in [1.165, 1.54) is 12.8 Å². The van der Waals surface area contributed by atoms with Crippen LogP contribution in [0.4, 0.5) is 0 Å². The number of rotatable bonds is 4. The molecule has 1 atom stereocenters. The summed E-state index contributed by atoms with van der Waals surface area (Å²) < 4.78 is 1.98. The Labute approximate surface area is 87.5 Å². The van der Waals surface area contributed by atoms with Crippen LogP contribution < -0.4 is 0 Å². The van der Waals surface area contributed by atoms with E-state index in [-0.39, 0.29) is 0 Å². The predicted octanol–water partition coefficient (Wildman–Crippen LogP) is 3.36. The van der Waals surface area contributed by atoms with Crippen molar-refractivity contribution < 1.29 is 0 Å². The first-order valence-electron chi connectivity index (χ1n) is 5.66. The highest BCUT2D eigenvalue weighted by Gasteiger charge is 2.08. The molecular weight excluding hydrogens is 174 g/mol. The van der Waals surface area contributed by atoms with E-state index < -0.39 is 0 Å². The first-order chi connectivity index (χ1) is 6.77. The van der Waals surface area contributed by atoms with Gasteiger partial charge in [-0.15, -0.1) is 5.10 Å². The standard InChI is InChI=1S/C9H17N3.C2H6/c1-4-6-9(5-2)12-7-8(3)10-11-12;1-2/h7,9H,4-6H2,1-3H3;1-2H3. The maximum absolute atomic E-state index is 4.07. The fourth-order valence-corrected chi connectivity index (χ4v) is 1.40. The molecular formula is C11H23N3. The van der Waals surface area contributed by atoms with Crippen LogP contribution in [0.5, 0.6) is 0 Å². The zero-order valence-electron chi connectivity index (χ0n) is 10.1. The van der Waals surface area contributed by atoms with E-state index in [0.29, 0.717) is 6.04 Å². The average Bonchev–Trinajstić information content (AvgIpc) is 2.64. The zero-order valence-corrected chi connectivity index (χ0v) is 10.1. The van der Waals surface area contributed by atoms with Crippen molar-refractivity contribution >= 4 is 0 Å². The number of hydrogen-bond donors (Lipinski definition) is 0. The summed E-state index contributed by atoms with van der Waals surface area (Å²) in [6.45, 7) is 10.4. The van der Waals surface area contributed by atoms with Gasteiger partial charge in [0.25, 0.3) is 0 Å². The summed E-state index contributed by atoms with van der Waals surface area (Å²) in [5.41, 5.74) is 1.00. The fraction of sp³-hybridized carbons (Fsp3) is 0.818. The van der Waals surface area contributed by atoms with Crippen LogP contribution in [0, 0.1) is 6.92 Å². The van der Waals surface area contributed by atoms with E-state index in [2.05, 4.69) is 24.2 Å². The van der Waals surface area contributed by atoms with Crippen LogP contribution in [0.2, 0.25) is 0 Å². The number of hydrogen-bond acceptors (Lipinski definition) is 2. The van der Waals surface area contributed by atoms with Crippen molar-refractivity contribution in [3.05, 3.63) is 11.9 Å². The Bertz CT molecular complexity index is 230. The van der Waals surface area contributed by atoms with E-state index in [1.807, 2.05) is 31.6 Å². The van der Waals surface area contributed by atoms with Crippen LogP contribution >= 0.6 is 0 Å². The van der Waals surface area contributed by atoms with Gasteiger partial charge in [0.1, 0.15) is 0 Å². The minimum absolute atomic E-state index is 0.538. The van der Waals surface area contributed by atoms with Gasteiger partial charge in [-0.05, 0) is 19.8 Å². The van der Waals surface area contributed by atoms with E-state index in [4.69, 9.17) is 0 Å². The third-order valence-corrected chi connectivity index (χ3v) is 2.09. The Hall–Kier alpha value is -0.860. The van der Waals surface area contributed by atoms with Crippen molar-refractivity contribution in [1.82, 2.24) is 15.0 Å². The molecule has 0 spiro atoms. The monoisotopic (exact) mass is 197 g/mol. The molecule has 0 amide bonds. The van der Waals surface area contributed by atoms with Crippen LogP contribution in [0.1, 0.15) is 58.7 Å². The lowest BCUT2D eigenvalue weighted by atomic mass is 10.1. The number of nitrogens with zero attached hydrogens (tertiary/aromatic N) is 3. The van der Waals surface area contributed by atoms with E-state index in [1.54, 1.807) is 0 Å². The third kappa shape index (κ3) is 3.90. The largest absolute Gasteiger partial charge is 0.249 e. The van der Waals surface area contributed by atoms with Crippen molar-refractivity contribution in [3.8, 4) is 0 Å². The van der Waals surface area contributed by atoms with Crippen LogP contribution in [-0.4, -0.2) is 15.0 Å². The van der Waals surface area contributed by atoms with Crippen molar-refractivity contribution in [1.29, 1.82) is 0 Å². The smallest absolute Gasteiger partial charge is 0.0796 e. The van der Waals surface area contributed by atoms with Gasteiger partial charge in [0, 0.05) is 6.20 Å². The molecule has 0 N–H and O–H groups in total. The highest BCUT2D eigenvalue weighted by Crippen LogP contribution is 2.15. The molecule has 0 fully saturated rings. The van der Waals surface area contributed by atoms with Crippen LogP contribution in [0.25, 0.3) is 0 Å². The maximum atomic E-state index is 4.07. The van der Waals surface area contributed by atoms with E-state index in [0.717, 1.165) is 12.1 Å². The van der Waals surface area contributed by atoms with Crippen LogP contribution in [0.15, 0.2) is 6.20 Å². The van der Waals surface area contributed by atoms with Crippen LogP contribution in [0.3, 0.4) is 0 Å². The second-order valence-electron chi connectivity index (χ2n) is 3.19. The van der Waals surface area contributed by atoms with Gasteiger partial charge in [0.05, 0.1) is 11.7 Å². The Morgan fingerprint density at radius 1 is 1.36 bits per heavy atom. The van der Waals surface area contributed by atoms with Gasteiger partial charge in [-0.1, -0.05) is 39.3 Å². The molecule has 0 aliphatic rings. The maximum Gasteiger partial charge on any atom is 0.0796 e. The summed E-state index contributed by atoms with van der Waals surface area (Å²) in [7, 11) is 0. The highest BCUT2D eigenvalue weighted by atomic mass is 15.4. The lowest BCUT2D eigenvalue weighted by molar-refractivity contribution is 0.400. The normalized spacial score (nSPS) is 11.8. The van der Waals surface area contributed by atoms with Crippen molar-refractivity contribution in [2.24, 2.45) is 0 Å². The van der Waals surface area contributed by atoms with Crippen LogP contribution in [-0.2, 0) is 0 Å². The van der Waals surface area contributed by atoms with Gasteiger partial charge >= 0.3 is 0 Å². The summed E-state index contributed by atoms with van der Waals surface area (Å²) in [4.78, 5) is 0. The molecule has 1 aromatic rings. The van der Waals surface area contributed by atoms with Gasteiger partial charge < -0.3 is 0 Å². The summed E-state index contributed by atoms with van der Waals surface area (Å²) in [5, 5.41) is 8.05. The van der Waals surface area contributed by atoms with Gasteiger partial charge in [0.15, 0.2) is 0 Å². The van der Waals surface area contributed by atoms with E-state index >= 15 is 0 Å². The molecule has 1 rings (SSSR count).